The molecule has 29 heavy (non-hydrogen) atoms. The maximum absolute atomic E-state index is 12.5. The van der Waals surface area contributed by atoms with Gasteiger partial charge in [-0.1, -0.05) is 0 Å². The lowest BCUT2D eigenvalue weighted by Gasteiger charge is -2.24. The summed E-state index contributed by atoms with van der Waals surface area (Å²) >= 11 is 0. The smallest absolute Gasteiger partial charge is 0.322 e. The van der Waals surface area contributed by atoms with E-state index < -0.39 is 72.7 Å². The molecule has 0 aromatic rings. The molecule has 0 aromatic heterocycles. The zero-order valence-corrected chi connectivity index (χ0v) is 15.7. The number of hydrogen-bond acceptors (Lipinski definition) is 8. The van der Waals surface area contributed by atoms with Gasteiger partial charge >= 0.3 is 5.97 Å². The molecule has 0 aromatic carbocycles. The van der Waals surface area contributed by atoms with E-state index >= 15 is 0 Å². The van der Waals surface area contributed by atoms with Gasteiger partial charge in [0.25, 0.3) is 0 Å². The third kappa shape index (κ3) is 10.6. The highest BCUT2D eigenvalue weighted by Gasteiger charge is 2.30. The normalized spacial score (nSPS) is 14.6. The number of nitrogens with one attached hydrogen (secondary N) is 3. The highest BCUT2D eigenvalue weighted by Crippen LogP contribution is 2.02. The molecule has 14 heteroatoms. The van der Waals surface area contributed by atoms with Crippen molar-refractivity contribution in [3.8, 4) is 0 Å². The summed E-state index contributed by atoms with van der Waals surface area (Å²) < 4.78 is 0. The number of primary amides is 2. The average molecular weight is 418 g/mol. The Balaban J connectivity index is 5.34. The molecule has 0 aliphatic carbocycles. The van der Waals surface area contributed by atoms with Gasteiger partial charge in [0.2, 0.25) is 29.5 Å². The molecule has 164 valence electrons. The predicted octanol–water partition coefficient (Wildman–Crippen LogP) is -4.99. The minimum Gasteiger partial charge on any atom is -0.480 e. The van der Waals surface area contributed by atoms with Crippen molar-refractivity contribution in [3.05, 3.63) is 0 Å². The van der Waals surface area contributed by atoms with E-state index in [1.165, 1.54) is 6.92 Å². The fourth-order valence-electron chi connectivity index (χ4n) is 2.01. The third-order valence-electron chi connectivity index (χ3n) is 3.59. The first-order valence-corrected chi connectivity index (χ1v) is 8.45. The summed E-state index contributed by atoms with van der Waals surface area (Å²) in [5, 5.41) is 24.3. The second-order valence-electron chi connectivity index (χ2n) is 6.18. The lowest BCUT2D eigenvalue weighted by atomic mass is 10.1. The Kier molecular flexibility index (Phi) is 10.9. The number of aliphatic hydroxyl groups is 1. The van der Waals surface area contributed by atoms with E-state index in [1.807, 2.05) is 5.32 Å². The molecule has 0 saturated heterocycles. The molecule has 14 nitrogen and oxygen atoms in total. The largest absolute Gasteiger partial charge is 0.480 e. The Bertz CT molecular complexity index is 653. The standard InChI is InChI=1S/C15H26N6O8/c1-6(22)12(18)15(29)20-7(2-3-9(16)23)14(28)21-8(4-10(17)24)13(27)19-5-11(25)26/h6-8,12,22H,2-5,18H2,1H3,(H2,16,23)(H2,17,24)(H,19,27)(H,20,29)(H,21,28)(H,25,26). The van der Waals surface area contributed by atoms with Crippen molar-refractivity contribution in [1.29, 1.82) is 0 Å². The minimum absolute atomic E-state index is 0.264. The molecule has 0 radical (unpaired) electrons. The van der Waals surface area contributed by atoms with E-state index in [9.17, 15) is 33.9 Å². The second kappa shape index (κ2) is 12.2. The summed E-state index contributed by atoms with van der Waals surface area (Å²) in [5.74, 6) is -5.98. The zero-order valence-electron chi connectivity index (χ0n) is 15.7. The number of aliphatic carboxylic acids is 1. The topological polar surface area (TPSA) is 257 Å². The van der Waals surface area contributed by atoms with Crippen molar-refractivity contribution in [1.82, 2.24) is 16.0 Å². The Morgan fingerprint density at radius 1 is 0.897 bits per heavy atom. The Hall–Kier alpha value is -3.26. The van der Waals surface area contributed by atoms with Crippen LogP contribution in [-0.4, -0.2) is 76.5 Å². The molecular formula is C15H26N6O8. The van der Waals surface area contributed by atoms with E-state index in [4.69, 9.17) is 22.3 Å². The van der Waals surface area contributed by atoms with Crippen LogP contribution in [0.5, 0.6) is 0 Å². The number of carboxylic acid groups (broad SMARTS) is 1. The highest BCUT2D eigenvalue weighted by molar-refractivity contribution is 5.95. The van der Waals surface area contributed by atoms with Crippen molar-refractivity contribution >= 4 is 35.5 Å². The van der Waals surface area contributed by atoms with Gasteiger partial charge in [0.05, 0.1) is 12.5 Å². The Morgan fingerprint density at radius 3 is 1.90 bits per heavy atom. The van der Waals surface area contributed by atoms with Crippen LogP contribution < -0.4 is 33.2 Å². The number of carboxylic acids is 1. The van der Waals surface area contributed by atoms with E-state index in [-0.39, 0.29) is 12.8 Å². The number of hydrogen-bond donors (Lipinski definition) is 8. The van der Waals surface area contributed by atoms with Crippen LogP contribution in [0, 0.1) is 0 Å². The first-order chi connectivity index (χ1) is 13.3. The van der Waals surface area contributed by atoms with Crippen molar-refractivity contribution in [2.75, 3.05) is 6.54 Å². The van der Waals surface area contributed by atoms with Gasteiger partial charge < -0.3 is 43.4 Å². The highest BCUT2D eigenvalue weighted by atomic mass is 16.4. The molecule has 4 atom stereocenters. The molecule has 0 saturated carbocycles. The van der Waals surface area contributed by atoms with Gasteiger partial charge in [-0.15, -0.1) is 0 Å². The van der Waals surface area contributed by atoms with E-state index in [0.717, 1.165) is 0 Å². The number of aliphatic hydroxyl groups excluding tert-OH is 1. The lowest BCUT2D eigenvalue weighted by Crippen LogP contribution is -2.57. The molecule has 11 N–H and O–H groups in total. The SMILES string of the molecule is CC(O)C(N)C(=O)NC(CCC(N)=O)C(=O)NC(CC(N)=O)C(=O)NCC(=O)O. The maximum Gasteiger partial charge on any atom is 0.322 e. The molecule has 0 fully saturated rings. The summed E-state index contributed by atoms with van der Waals surface area (Å²) in [5.41, 5.74) is 15.5. The fourth-order valence-corrected chi connectivity index (χ4v) is 2.01. The molecule has 0 heterocycles. The number of rotatable bonds is 13. The van der Waals surface area contributed by atoms with Crippen LogP contribution in [0.15, 0.2) is 0 Å². The Labute approximate surface area is 165 Å². The Morgan fingerprint density at radius 2 is 1.45 bits per heavy atom. The third-order valence-corrected chi connectivity index (χ3v) is 3.59. The van der Waals surface area contributed by atoms with Crippen LogP contribution in [0.2, 0.25) is 0 Å². The summed E-state index contributed by atoms with van der Waals surface area (Å²) in [6, 6.07) is -4.29. The number of amides is 5. The van der Waals surface area contributed by atoms with Gasteiger partial charge in [-0.3, -0.25) is 28.8 Å². The van der Waals surface area contributed by atoms with E-state index in [0.29, 0.717) is 0 Å². The molecule has 0 bridgehead atoms. The summed E-state index contributed by atoms with van der Waals surface area (Å²) in [4.78, 5) is 69.2. The van der Waals surface area contributed by atoms with Crippen LogP contribution in [0.3, 0.4) is 0 Å². The van der Waals surface area contributed by atoms with Gasteiger partial charge in [0.1, 0.15) is 24.7 Å². The second-order valence-corrected chi connectivity index (χ2v) is 6.18. The zero-order chi connectivity index (χ0) is 22.7. The van der Waals surface area contributed by atoms with Gasteiger partial charge in [-0.05, 0) is 13.3 Å². The first kappa shape index (κ1) is 25.7. The van der Waals surface area contributed by atoms with Gasteiger partial charge in [-0.2, -0.15) is 0 Å². The number of carbonyl (C=O) groups is 6. The quantitative estimate of drug-likeness (QED) is 0.142. The monoisotopic (exact) mass is 418 g/mol. The average Bonchev–Trinajstić information content (AvgIpc) is 2.60. The van der Waals surface area contributed by atoms with Crippen LogP contribution in [0.25, 0.3) is 0 Å². The van der Waals surface area contributed by atoms with Crippen molar-refractivity contribution in [2.24, 2.45) is 17.2 Å². The van der Waals surface area contributed by atoms with Crippen LogP contribution >= 0.6 is 0 Å². The van der Waals surface area contributed by atoms with Gasteiger partial charge in [0.15, 0.2) is 0 Å². The summed E-state index contributed by atoms with van der Waals surface area (Å²) in [6.45, 7) is 0.480. The molecule has 4 unspecified atom stereocenters. The van der Waals surface area contributed by atoms with E-state index in [2.05, 4.69) is 10.6 Å². The molecule has 0 aliphatic heterocycles. The predicted molar refractivity (Wildman–Crippen MR) is 96.4 cm³/mol. The molecule has 0 spiro atoms. The van der Waals surface area contributed by atoms with Crippen molar-refractivity contribution in [2.45, 2.75) is 50.4 Å². The van der Waals surface area contributed by atoms with Crippen LogP contribution in [0.4, 0.5) is 0 Å². The van der Waals surface area contributed by atoms with Crippen LogP contribution in [0.1, 0.15) is 26.2 Å². The van der Waals surface area contributed by atoms with Crippen molar-refractivity contribution in [3.63, 3.8) is 0 Å². The van der Waals surface area contributed by atoms with Crippen LogP contribution in [-0.2, 0) is 28.8 Å². The summed E-state index contributed by atoms with van der Waals surface area (Å²) in [7, 11) is 0. The number of nitrogens with two attached hydrogens (primary N) is 3. The minimum atomic E-state index is -1.53. The van der Waals surface area contributed by atoms with Gasteiger partial charge in [0, 0.05) is 6.42 Å². The lowest BCUT2D eigenvalue weighted by molar-refractivity contribution is -0.139. The first-order valence-electron chi connectivity index (χ1n) is 8.45. The molecule has 0 rings (SSSR count). The number of carbonyl (C=O) groups excluding carboxylic acids is 5. The van der Waals surface area contributed by atoms with Crippen molar-refractivity contribution < 1.29 is 39.0 Å². The summed E-state index contributed by atoms with van der Waals surface area (Å²) in [6.07, 6.45) is -2.46. The fraction of sp³-hybridized carbons (Fsp3) is 0.600. The maximum atomic E-state index is 12.5. The molecular weight excluding hydrogens is 392 g/mol. The van der Waals surface area contributed by atoms with Gasteiger partial charge in [-0.25, -0.2) is 0 Å². The molecule has 5 amide bonds. The molecule has 0 aliphatic rings. The van der Waals surface area contributed by atoms with E-state index in [1.54, 1.807) is 0 Å².